The molecule has 1 amide bonds. The number of rotatable bonds is 4. The van der Waals surface area contributed by atoms with Gasteiger partial charge in [0, 0.05) is 17.3 Å². The molecule has 0 saturated carbocycles. The molecule has 1 aromatic heterocycles. The standard InChI is InChI=1S/C19H17N3O2/c1-13-5-7-14(8-6-13)11-19(24)20-16-4-2-3-15(12-16)17-9-10-18(23)22-21-17/h2-10,12H,11H2,1H3,(H,20,24)(H,22,23). The summed E-state index contributed by atoms with van der Waals surface area (Å²) in [6.07, 6.45) is 0.321. The molecule has 0 radical (unpaired) electrons. The van der Waals surface area contributed by atoms with E-state index < -0.39 is 0 Å². The Labute approximate surface area is 139 Å². The molecule has 24 heavy (non-hydrogen) atoms. The monoisotopic (exact) mass is 319 g/mol. The van der Waals surface area contributed by atoms with Crippen molar-refractivity contribution in [2.75, 3.05) is 5.32 Å². The van der Waals surface area contributed by atoms with Gasteiger partial charge in [0.1, 0.15) is 0 Å². The number of nitrogens with one attached hydrogen (secondary N) is 2. The summed E-state index contributed by atoms with van der Waals surface area (Å²) >= 11 is 0. The van der Waals surface area contributed by atoms with E-state index in [0.717, 1.165) is 11.1 Å². The van der Waals surface area contributed by atoms with E-state index in [9.17, 15) is 9.59 Å². The molecule has 0 aliphatic rings. The molecule has 0 spiro atoms. The van der Waals surface area contributed by atoms with Crippen LogP contribution in [0.1, 0.15) is 11.1 Å². The fourth-order valence-corrected chi connectivity index (χ4v) is 2.36. The fourth-order valence-electron chi connectivity index (χ4n) is 2.36. The number of hydrogen-bond donors (Lipinski definition) is 2. The van der Waals surface area contributed by atoms with Crippen LogP contribution in [0.25, 0.3) is 11.3 Å². The molecular formula is C19H17N3O2. The lowest BCUT2D eigenvalue weighted by molar-refractivity contribution is -0.115. The lowest BCUT2D eigenvalue weighted by Gasteiger charge is -2.07. The molecule has 2 aromatic carbocycles. The van der Waals surface area contributed by atoms with E-state index in [1.54, 1.807) is 6.07 Å². The number of amides is 1. The van der Waals surface area contributed by atoms with Crippen LogP contribution >= 0.6 is 0 Å². The third-order valence-electron chi connectivity index (χ3n) is 3.61. The van der Waals surface area contributed by atoms with Gasteiger partial charge in [-0.3, -0.25) is 9.59 Å². The van der Waals surface area contributed by atoms with Crippen LogP contribution in [0.5, 0.6) is 0 Å². The van der Waals surface area contributed by atoms with E-state index in [2.05, 4.69) is 15.5 Å². The smallest absolute Gasteiger partial charge is 0.264 e. The number of hydrogen-bond acceptors (Lipinski definition) is 3. The molecule has 120 valence electrons. The summed E-state index contributed by atoms with van der Waals surface area (Å²) < 4.78 is 0. The number of aryl methyl sites for hydroxylation is 1. The fraction of sp³-hybridized carbons (Fsp3) is 0.105. The van der Waals surface area contributed by atoms with E-state index in [4.69, 9.17) is 0 Å². The van der Waals surface area contributed by atoms with Crippen molar-refractivity contribution >= 4 is 11.6 Å². The van der Waals surface area contributed by atoms with Crippen LogP contribution in [0.3, 0.4) is 0 Å². The zero-order valence-electron chi connectivity index (χ0n) is 13.2. The Balaban J connectivity index is 1.72. The quantitative estimate of drug-likeness (QED) is 0.776. The van der Waals surface area contributed by atoms with E-state index in [0.29, 0.717) is 17.8 Å². The summed E-state index contributed by atoms with van der Waals surface area (Å²) in [5.74, 6) is -0.0783. The maximum atomic E-state index is 12.2. The number of carbonyl (C=O) groups is 1. The van der Waals surface area contributed by atoms with Crippen molar-refractivity contribution in [2.45, 2.75) is 13.3 Å². The zero-order chi connectivity index (χ0) is 16.9. The lowest BCUT2D eigenvalue weighted by atomic mass is 10.1. The number of carbonyl (C=O) groups excluding carboxylic acids is 1. The van der Waals surface area contributed by atoms with Crippen LogP contribution in [0.4, 0.5) is 5.69 Å². The topological polar surface area (TPSA) is 74.8 Å². The first kappa shape index (κ1) is 15.7. The Hall–Kier alpha value is -3.21. The predicted octanol–water partition coefficient (Wildman–Crippen LogP) is 2.93. The number of nitrogens with zero attached hydrogens (tertiary/aromatic N) is 1. The van der Waals surface area contributed by atoms with Crippen LogP contribution in [-0.2, 0) is 11.2 Å². The highest BCUT2D eigenvalue weighted by Gasteiger charge is 2.06. The van der Waals surface area contributed by atoms with Crippen molar-refractivity contribution in [1.82, 2.24) is 10.2 Å². The van der Waals surface area contributed by atoms with Crippen LogP contribution < -0.4 is 10.9 Å². The average Bonchev–Trinajstić information content (AvgIpc) is 2.58. The van der Waals surface area contributed by atoms with Crippen molar-refractivity contribution < 1.29 is 4.79 Å². The van der Waals surface area contributed by atoms with Crippen molar-refractivity contribution in [1.29, 1.82) is 0 Å². The molecule has 2 N–H and O–H groups in total. The highest BCUT2D eigenvalue weighted by molar-refractivity contribution is 5.92. The minimum atomic E-state index is -0.249. The van der Waals surface area contributed by atoms with Gasteiger partial charge in [-0.1, -0.05) is 42.0 Å². The summed E-state index contributed by atoms with van der Waals surface area (Å²) in [5, 5.41) is 9.29. The minimum Gasteiger partial charge on any atom is -0.326 e. The third kappa shape index (κ3) is 3.95. The Bertz CT molecular complexity index is 894. The van der Waals surface area contributed by atoms with E-state index >= 15 is 0 Å². The van der Waals surface area contributed by atoms with E-state index in [1.165, 1.54) is 11.6 Å². The summed E-state index contributed by atoms with van der Waals surface area (Å²) in [6.45, 7) is 2.01. The molecule has 0 saturated heterocycles. The molecule has 0 fully saturated rings. The molecule has 0 bridgehead atoms. The maximum Gasteiger partial charge on any atom is 0.264 e. The van der Waals surface area contributed by atoms with Crippen LogP contribution in [0.2, 0.25) is 0 Å². The first-order valence-corrected chi connectivity index (χ1v) is 7.62. The second-order valence-corrected chi connectivity index (χ2v) is 5.60. The third-order valence-corrected chi connectivity index (χ3v) is 3.61. The molecule has 1 heterocycles. The van der Waals surface area contributed by atoms with Gasteiger partial charge in [-0.05, 0) is 30.7 Å². The maximum absolute atomic E-state index is 12.2. The number of aromatic amines is 1. The van der Waals surface area contributed by atoms with Crippen LogP contribution in [-0.4, -0.2) is 16.1 Å². The van der Waals surface area contributed by atoms with Gasteiger partial charge in [-0.2, -0.15) is 5.10 Å². The SMILES string of the molecule is Cc1ccc(CC(=O)Nc2cccc(-c3ccc(=O)[nH]n3)c2)cc1. The first-order valence-electron chi connectivity index (χ1n) is 7.62. The minimum absolute atomic E-state index is 0.0783. The van der Waals surface area contributed by atoms with Gasteiger partial charge in [-0.25, -0.2) is 5.10 Å². The number of H-pyrrole nitrogens is 1. The van der Waals surface area contributed by atoms with Crippen molar-refractivity contribution in [3.63, 3.8) is 0 Å². The Morgan fingerprint density at radius 1 is 1.08 bits per heavy atom. The average molecular weight is 319 g/mol. The largest absolute Gasteiger partial charge is 0.326 e. The highest BCUT2D eigenvalue weighted by atomic mass is 16.1. The normalized spacial score (nSPS) is 10.4. The molecule has 5 nitrogen and oxygen atoms in total. The molecule has 0 unspecified atom stereocenters. The number of benzene rings is 2. The first-order chi connectivity index (χ1) is 11.6. The van der Waals surface area contributed by atoms with Gasteiger partial charge < -0.3 is 5.32 Å². The summed E-state index contributed by atoms with van der Waals surface area (Å²) in [5.41, 5.74) is 4.04. The summed E-state index contributed by atoms with van der Waals surface area (Å²) in [4.78, 5) is 23.3. The van der Waals surface area contributed by atoms with Crippen molar-refractivity contribution in [3.05, 3.63) is 82.1 Å². The zero-order valence-corrected chi connectivity index (χ0v) is 13.2. The van der Waals surface area contributed by atoms with Crippen LogP contribution in [0, 0.1) is 6.92 Å². The van der Waals surface area contributed by atoms with Gasteiger partial charge >= 0.3 is 0 Å². The molecular weight excluding hydrogens is 302 g/mol. The van der Waals surface area contributed by atoms with Gasteiger partial charge in [0.15, 0.2) is 0 Å². The Morgan fingerprint density at radius 2 is 1.88 bits per heavy atom. The van der Waals surface area contributed by atoms with Gasteiger partial charge in [0.05, 0.1) is 12.1 Å². The molecule has 0 atom stereocenters. The van der Waals surface area contributed by atoms with Crippen molar-refractivity contribution in [2.24, 2.45) is 0 Å². The summed E-state index contributed by atoms with van der Waals surface area (Å²) in [7, 11) is 0. The number of aromatic nitrogens is 2. The Kier molecular flexibility index (Phi) is 4.52. The molecule has 3 aromatic rings. The molecule has 5 heteroatoms. The second kappa shape index (κ2) is 6.91. The Morgan fingerprint density at radius 3 is 2.58 bits per heavy atom. The van der Waals surface area contributed by atoms with Gasteiger partial charge in [-0.15, -0.1) is 0 Å². The highest BCUT2D eigenvalue weighted by Crippen LogP contribution is 2.19. The second-order valence-electron chi connectivity index (χ2n) is 5.60. The predicted molar refractivity (Wildman–Crippen MR) is 93.8 cm³/mol. The van der Waals surface area contributed by atoms with E-state index in [-0.39, 0.29) is 11.5 Å². The lowest BCUT2D eigenvalue weighted by Crippen LogP contribution is -2.14. The molecule has 0 aliphatic carbocycles. The molecule has 3 rings (SSSR count). The van der Waals surface area contributed by atoms with E-state index in [1.807, 2.05) is 55.5 Å². The van der Waals surface area contributed by atoms with Gasteiger partial charge in [0.25, 0.3) is 5.56 Å². The van der Waals surface area contributed by atoms with Crippen LogP contribution in [0.15, 0.2) is 65.5 Å². The summed E-state index contributed by atoms with van der Waals surface area (Å²) in [6, 6.07) is 18.3. The molecule has 0 aliphatic heterocycles. The van der Waals surface area contributed by atoms with Crippen molar-refractivity contribution in [3.8, 4) is 11.3 Å². The number of anilines is 1. The van der Waals surface area contributed by atoms with Gasteiger partial charge in [0.2, 0.25) is 5.91 Å².